The second kappa shape index (κ2) is 23.0. The third-order valence-electron chi connectivity index (χ3n) is 8.45. The lowest BCUT2D eigenvalue weighted by Gasteiger charge is -2.12. The SMILES string of the molecule is CCCCCC=CC(=Nc1cc(CCCCC)cc(CCCCC)c1)C(CCCCCC)=Nc1ccc(CC)c(CC)c1. The van der Waals surface area contributed by atoms with Gasteiger partial charge in [0, 0.05) is 0 Å². The van der Waals surface area contributed by atoms with E-state index in [-0.39, 0.29) is 0 Å². The maximum atomic E-state index is 5.42. The van der Waals surface area contributed by atoms with E-state index < -0.39 is 0 Å². The Labute approximate surface area is 266 Å². The van der Waals surface area contributed by atoms with E-state index in [9.17, 15) is 0 Å². The molecular weight excluding hydrogens is 520 g/mol. The summed E-state index contributed by atoms with van der Waals surface area (Å²) < 4.78 is 0. The van der Waals surface area contributed by atoms with Crippen molar-refractivity contribution in [3.05, 3.63) is 70.8 Å². The molecule has 0 bridgehead atoms. The average Bonchev–Trinajstić information content (AvgIpc) is 3.02. The maximum Gasteiger partial charge on any atom is 0.0848 e. The smallest absolute Gasteiger partial charge is 0.0848 e. The molecule has 0 atom stereocenters. The standard InChI is InChI=1S/C41H64N2/c1-7-13-17-19-23-27-41(43-39-31-34(24-20-15-9-3)30-35(32-39)25-21-16-10-4)40(26-22-18-14-8-2)42-38-29-28-36(11-5)37(12-6)33-38/h23,27-33H,7-22,24-26H2,1-6H3. The molecule has 238 valence electrons. The van der Waals surface area contributed by atoms with Crippen LogP contribution in [-0.4, -0.2) is 11.4 Å². The van der Waals surface area contributed by atoms with Crippen LogP contribution in [0.15, 0.2) is 58.5 Å². The molecular formula is C41H64N2. The molecule has 0 heterocycles. The summed E-state index contributed by atoms with van der Waals surface area (Å²) in [7, 11) is 0. The van der Waals surface area contributed by atoms with Crippen molar-refractivity contribution in [1.82, 2.24) is 0 Å². The summed E-state index contributed by atoms with van der Waals surface area (Å²) in [5.41, 5.74) is 10.1. The van der Waals surface area contributed by atoms with Crippen LogP contribution in [0.4, 0.5) is 11.4 Å². The van der Waals surface area contributed by atoms with Crippen molar-refractivity contribution in [1.29, 1.82) is 0 Å². The van der Waals surface area contributed by atoms with Crippen molar-refractivity contribution in [2.75, 3.05) is 0 Å². The molecule has 0 N–H and O–H groups in total. The first-order valence-corrected chi connectivity index (χ1v) is 18.2. The molecule has 0 unspecified atom stereocenters. The molecule has 0 aromatic heterocycles. The highest BCUT2D eigenvalue weighted by Crippen LogP contribution is 2.25. The van der Waals surface area contributed by atoms with E-state index in [1.807, 2.05) is 0 Å². The van der Waals surface area contributed by atoms with Crippen LogP contribution in [0.5, 0.6) is 0 Å². The van der Waals surface area contributed by atoms with Gasteiger partial charge in [0.2, 0.25) is 0 Å². The van der Waals surface area contributed by atoms with E-state index >= 15 is 0 Å². The molecule has 0 aliphatic carbocycles. The lowest BCUT2D eigenvalue weighted by atomic mass is 9.99. The van der Waals surface area contributed by atoms with Gasteiger partial charge in [-0.05, 0) is 117 Å². The zero-order chi connectivity index (χ0) is 31.1. The predicted octanol–water partition coefficient (Wildman–Crippen LogP) is 13.2. The largest absolute Gasteiger partial charge is 0.251 e. The van der Waals surface area contributed by atoms with Crippen LogP contribution in [0.3, 0.4) is 0 Å². The van der Waals surface area contributed by atoms with Gasteiger partial charge in [0.25, 0.3) is 0 Å². The van der Waals surface area contributed by atoms with Crippen LogP contribution in [0.1, 0.15) is 160 Å². The summed E-state index contributed by atoms with van der Waals surface area (Å²) in [4.78, 5) is 10.8. The van der Waals surface area contributed by atoms with Gasteiger partial charge in [-0.1, -0.05) is 118 Å². The number of nitrogens with zero attached hydrogens (tertiary/aromatic N) is 2. The molecule has 2 heteroatoms. The van der Waals surface area contributed by atoms with E-state index in [0.29, 0.717) is 0 Å². The number of aryl methyl sites for hydroxylation is 4. The van der Waals surface area contributed by atoms with Crippen LogP contribution < -0.4 is 0 Å². The molecule has 43 heavy (non-hydrogen) atoms. The number of unbranched alkanes of at least 4 members (excludes halogenated alkanes) is 10. The zero-order valence-corrected chi connectivity index (χ0v) is 28.9. The van der Waals surface area contributed by atoms with E-state index in [4.69, 9.17) is 9.98 Å². The molecule has 0 saturated heterocycles. The Bertz CT molecular complexity index is 1090. The van der Waals surface area contributed by atoms with Gasteiger partial charge in [-0.25, -0.2) is 4.99 Å². The molecule has 2 aromatic rings. The summed E-state index contributed by atoms with van der Waals surface area (Å²) in [6.45, 7) is 13.6. The fourth-order valence-corrected chi connectivity index (χ4v) is 5.77. The molecule has 0 radical (unpaired) electrons. The van der Waals surface area contributed by atoms with Gasteiger partial charge in [-0.3, -0.25) is 4.99 Å². The number of hydrogen-bond donors (Lipinski definition) is 0. The van der Waals surface area contributed by atoms with Gasteiger partial charge < -0.3 is 0 Å². The molecule has 0 aliphatic heterocycles. The lowest BCUT2D eigenvalue weighted by molar-refractivity contribution is 0.684. The number of benzene rings is 2. The highest BCUT2D eigenvalue weighted by atomic mass is 14.8. The van der Waals surface area contributed by atoms with Crippen molar-refractivity contribution in [2.24, 2.45) is 9.98 Å². The van der Waals surface area contributed by atoms with Crippen molar-refractivity contribution < 1.29 is 0 Å². The Morgan fingerprint density at radius 2 is 1.16 bits per heavy atom. The summed E-state index contributed by atoms with van der Waals surface area (Å²) >= 11 is 0. The molecule has 2 nitrogen and oxygen atoms in total. The van der Waals surface area contributed by atoms with Crippen molar-refractivity contribution >= 4 is 22.8 Å². The number of allylic oxidation sites excluding steroid dienone is 2. The van der Waals surface area contributed by atoms with Crippen LogP contribution in [0.25, 0.3) is 0 Å². The summed E-state index contributed by atoms with van der Waals surface area (Å²) in [6.07, 6.45) is 27.4. The summed E-state index contributed by atoms with van der Waals surface area (Å²) in [6, 6.07) is 14.0. The average molecular weight is 585 g/mol. The Kier molecular flexibility index (Phi) is 19.6. The topological polar surface area (TPSA) is 24.7 Å². The summed E-state index contributed by atoms with van der Waals surface area (Å²) in [5, 5.41) is 0. The normalized spacial score (nSPS) is 12.5. The van der Waals surface area contributed by atoms with Crippen LogP contribution in [0, 0.1) is 0 Å². The molecule has 0 amide bonds. The molecule has 0 fully saturated rings. The van der Waals surface area contributed by atoms with E-state index in [1.165, 1.54) is 99.3 Å². The molecule has 0 spiro atoms. The number of rotatable bonds is 23. The highest BCUT2D eigenvalue weighted by molar-refractivity contribution is 6.47. The minimum Gasteiger partial charge on any atom is -0.251 e. The first-order chi connectivity index (χ1) is 21.1. The second-order valence-electron chi connectivity index (χ2n) is 12.3. The van der Waals surface area contributed by atoms with Crippen molar-refractivity contribution in [3.63, 3.8) is 0 Å². The molecule has 2 rings (SSSR count). The Balaban J connectivity index is 2.60. The molecule has 2 aromatic carbocycles. The van der Waals surface area contributed by atoms with E-state index in [0.717, 1.165) is 67.7 Å². The maximum absolute atomic E-state index is 5.42. The fourth-order valence-electron chi connectivity index (χ4n) is 5.77. The van der Waals surface area contributed by atoms with E-state index in [1.54, 1.807) is 0 Å². The van der Waals surface area contributed by atoms with Gasteiger partial charge >= 0.3 is 0 Å². The zero-order valence-electron chi connectivity index (χ0n) is 28.9. The molecule has 0 saturated carbocycles. The monoisotopic (exact) mass is 585 g/mol. The first kappa shape index (κ1) is 36.7. The van der Waals surface area contributed by atoms with Gasteiger partial charge in [-0.2, -0.15) is 0 Å². The minimum atomic E-state index is 0.967. The second-order valence-corrected chi connectivity index (χ2v) is 12.3. The first-order valence-electron chi connectivity index (χ1n) is 18.2. The van der Waals surface area contributed by atoms with Gasteiger partial charge in [0.05, 0.1) is 22.8 Å². The number of hydrogen-bond acceptors (Lipinski definition) is 2. The lowest BCUT2D eigenvalue weighted by Crippen LogP contribution is -2.12. The third kappa shape index (κ3) is 14.7. The van der Waals surface area contributed by atoms with Crippen LogP contribution >= 0.6 is 0 Å². The van der Waals surface area contributed by atoms with Gasteiger partial charge in [0.1, 0.15) is 0 Å². The highest BCUT2D eigenvalue weighted by Gasteiger charge is 2.11. The third-order valence-corrected chi connectivity index (χ3v) is 8.45. The van der Waals surface area contributed by atoms with Crippen LogP contribution in [-0.2, 0) is 25.7 Å². The minimum absolute atomic E-state index is 0.967. The summed E-state index contributed by atoms with van der Waals surface area (Å²) in [5.74, 6) is 0. The fraction of sp³-hybridized carbons (Fsp3) is 0.610. The van der Waals surface area contributed by atoms with Crippen molar-refractivity contribution in [3.8, 4) is 0 Å². The Hall–Kier alpha value is -2.48. The Morgan fingerprint density at radius 3 is 1.77 bits per heavy atom. The van der Waals surface area contributed by atoms with Gasteiger partial charge in [0.15, 0.2) is 0 Å². The Morgan fingerprint density at radius 1 is 0.558 bits per heavy atom. The van der Waals surface area contributed by atoms with Crippen molar-refractivity contribution in [2.45, 2.75) is 164 Å². The quantitative estimate of drug-likeness (QED) is 0.0916. The van der Waals surface area contributed by atoms with E-state index in [2.05, 4.69) is 90.1 Å². The number of aliphatic imine (C=N–C) groups is 2. The predicted molar refractivity (Wildman–Crippen MR) is 194 cm³/mol. The van der Waals surface area contributed by atoms with Gasteiger partial charge in [-0.15, -0.1) is 0 Å². The molecule has 0 aliphatic rings. The van der Waals surface area contributed by atoms with Crippen LogP contribution in [0.2, 0.25) is 0 Å².